The van der Waals surface area contributed by atoms with Gasteiger partial charge in [0, 0.05) is 34.3 Å². The summed E-state index contributed by atoms with van der Waals surface area (Å²) in [6, 6.07) is 11.2. The van der Waals surface area contributed by atoms with Crippen LogP contribution < -0.4 is 0 Å². The van der Waals surface area contributed by atoms with Crippen molar-refractivity contribution in [2.24, 2.45) is 0 Å². The van der Waals surface area contributed by atoms with Crippen LogP contribution >= 0.6 is 23.2 Å². The van der Waals surface area contributed by atoms with Gasteiger partial charge in [-0.25, -0.2) is 0 Å². The van der Waals surface area contributed by atoms with E-state index in [1.165, 1.54) is 19.3 Å². The number of piperidine rings is 1. The molecule has 0 aromatic heterocycles. The Hall–Kier alpha value is -2.01. The molecule has 2 saturated heterocycles. The summed E-state index contributed by atoms with van der Waals surface area (Å²) >= 11 is 13.2. The third kappa shape index (κ3) is 4.36. The van der Waals surface area contributed by atoms with Crippen molar-refractivity contribution in [1.29, 1.82) is 0 Å². The highest BCUT2D eigenvalue weighted by Gasteiger charge is 2.36. The minimum atomic E-state index is 0.00177. The fraction of sp³-hybridized carbons (Fsp3) is 0.375. The number of carbonyl (C=O) groups excluding carboxylic acids is 1. The van der Waals surface area contributed by atoms with Crippen LogP contribution in [0.15, 0.2) is 43.0 Å². The number of hydrogen-bond acceptors (Lipinski definition) is 3. The number of nitrogens with zero attached hydrogens (tertiary/aromatic N) is 2. The zero-order chi connectivity index (χ0) is 21.3. The van der Waals surface area contributed by atoms with Crippen LogP contribution in [0.25, 0.3) is 16.9 Å². The molecule has 2 aromatic carbocycles. The van der Waals surface area contributed by atoms with Crippen molar-refractivity contribution in [2.75, 3.05) is 19.6 Å². The Morgan fingerprint density at radius 2 is 1.63 bits per heavy atom. The summed E-state index contributed by atoms with van der Waals surface area (Å²) in [6.07, 6.45) is 4.48. The van der Waals surface area contributed by atoms with E-state index >= 15 is 0 Å². The molecule has 1 N–H and O–H groups in total. The maximum Gasteiger partial charge on any atom is 0.240 e. The van der Waals surface area contributed by atoms with Crippen molar-refractivity contribution in [2.45, 2.75) is 38.3 Å². The Kier molecular flexibility index (Phi) is 6.37. The average Bonchev–Trinajstić information content (AvgIpc) is 3.11. The van der Waals surface area contributed by atoms with E-state index in [0.717, 1.165) is 42.7 Å². The quantitative estimate of drug-likeness (QED) is 0.594. The molecular formula is C24H26Cl2N2O2. The van der Waals surface area contributed by atoms with Gasteiger partial charge in [0.25, 0.3) is 0 Å². The van der Waals surface area contributed by atoms with Crippen molar-refractivity contribution < 1.29 is 9.90 Å². The number of likely N-dealkylation sites (tertiary alicyclic amines) is 2. The van der Waals surface area contributed by atoms with Gasteiger partial charge in [-0.15, -0.1) is 0 Å². The van der Waals surface area contributed by atoms with Gasteiger partial charge < -0.3 is 10.0 Å². The Bertz CT molecular complexity index is 929. The van der Waals surface area contributed by atoms with Crippen LogP contribution in [0.1, 0.15) is 36.8 Å². The molecule has 6 heteroatoms. The molecule has 1 unspecified atom stereocenters. The number of aliphatic hydroxyl groups excluding tert-OH is 1. The predicted molar refractivity (Wildman–Crippen MR) is 123 cm³/mol. The van der Waals surface area contributed by atoms with E-state index in [9.17, 15) is 9.90 Å². The molecule has 0 bridgehead atoms. The Morgan fingerprint density at radius 1 is 1.00 bits per heavy atom. The van der Waals surface area contributed by atoms with Crippen molar-refractivity contribution in [1.82, 2.24) is 9.80 Å². The molecule has 2 aromatic rings. The third-order valence-corrected chi connectivity index (χ3v) is 6.82. The number of hydrogen-bond donors (Lipinski definition) is 1. The first-order chi connectivity index (χ1) is 14.4. The van der Waals surface area contributed by atoms with E-state index in [-0.39, 0.29) is 17.7 Å². The van der Waals surface area contributed by atoms with Crippen LogP contribution in [0.5, 0.6) is 0 Å². The van der Waals surface area contributed by atoms with E-state index in [1.807, 2.05) is 29.2 Å². The van der Waals surface area contributed by atoms with Crippen LogP contribution in [0.3, 0.4) is 0 Å². The molecular weight excluding hydrogens is 419 g/mol. The van der Waals surface area contributed by atoms with Crippen LogP contribution in [-0.2, 0) is 11.3 Å². The molecule has 1 atom stereocenters. The van der Waals surface area contributed by atoms with Crippen molar-refractivity contribution in [3.8, 4) is 11.1 Å². The van der Waals surface area contributed by atoms with Crippen LogP contribution in [0.2, 0.25) is 10.0 Å². The summed E-state index contributed by atoms with van der Waals surface area (Å²) in [5.74, 6) is 0.221. The smallest absolute Gasteiger partial charge is 0.240 e. The largest absolute Gasteiger partial charge is 0.508 e. The van der Waals surface area contributed by atoms with Gasteiger partial charge in [0.15, 0.2) is 0 Å². The maximum atomic E-state index is 13.0. The third-order valence-electron chi connectivity index (χ3n) is 6.14. The van der Waals surface area contributed by atoms with Crippen LogP contribution in [-0.4, -0.2) is 46.5 Å². The van der Waals surface area contributed by atoms with E-state index in [4.69, 9.17) is 23.2 Å². The van der Waals surface area contributed by atoms with Gasteiger partial charge >= 0.3 is 0 Å². The second-order valence-electron chi connectivity index (χ2n) is 8.10. The number of benzene rings is 2. The molecule has 4 nitrogen and oxygen atoms in total. The summed E-state index contributed by atoms with van der Waals surface area (Å²) in [6.45, 7) is 6.74. The number of amides is 1. The molecule has 4 rings (SSSR count). The molecule has 2 fully saturated rings. The normalized spacial score (nSPS) is 20.0. The molecule has 0 radical (unpaired) electrons. The van der Waals surface area contributed by atoms with Gasteiger partial charge in [0.2, 0.25) is 5.91 Å². The van der Waals surface area contributed by atoms with Crippen LogP contribution in [0.4, 0.5) is 0 Å². The van der Waals surface area contributed by atoms with Gasteiger partial charge in [-0.1, -0.05) is 60.5 Å². The average molecular weight is 445 g/mol. The maximum absolute atomic E-state index is 13.0. The second kappa shape index (κ2) is 9.01. The first-order valence-electron chi connectivity index (χ1n) is 10.4. The van der Waals surface area contributed by atoms with Gasteiger partial charge in [-0.05, 0) is 55.6 Å². The second-order valence-corrected chi connectivity index (χ2v) is 8.92. The zero-order valence-electron chi connectivity index (χ0n) is 16.9. The number of aliphatic hydroxyl groups is 1. The number of rotatable bonds is 5. The molecule has 2 heterocycles. The lowest BCUT2D eigenvalue weighted by Crippen LogP contribution is -2.44. The molecule has 2 aliphatic heterocycles. The molecule has 0 spiro atoms. The van der Waals surface area contributed by atoms with Gasteiger partial charge in [-0.3, -0.25) is 9.69 Å². The summed E-state index contributed by atoms with van der Waals surface area (Å²) in [7, 11) is 0. The van der Waals surface area contributed by atoms with Crippen molar-refractivity contribution >= 4 is 34.9 Å². The minimum absolute atomic E-state index is 0.00177. The minimum Gasteiger partial charge on any atom is -0.508 e. The molecule has 0 saturated carbocycles. The standard InChI is InChI=1S/C24H26Cl2N2O2/c1-16(29)17-5-7-18(8-6-17)19-13-21(25)20(22(26)14-19)15-28-12-9-23(24(28)30)27-10-3-2-4-11-27/h5-8,13-14,23,29H,1-4,9-12,15H2. The molecule has 158 valence electrons. The van der Waals surface area contributed by atoms with E-state index in [2.05, 4.69) is 11.5 Å². The Morgan fingerprint density at radius 3 is 2.23 bits per heavy atom. The van der Waals surface area contributed by atoms with Gasteiger partial charge in [0.1, 0.15) is 5.76 Å². The Balaban J connectivity index is 1.50. The van der Waals surface area contributed by atoms with E-state index < -0.39 is 0 Å². The molecule has 1 amide bonds. The van der Waals surface area contributed by atoms with Gasteiger partial charge in [-0.2, -0.15) is 0 Å². The molecule has 0 aliphatic carbocycles. The monoisotopic (exact) mass is 444 g/mol. The van der Waals surface area contributed by atoms with E-state index in [0.29, 0.717) is 22.2 Å². The summed E-state index contributed by atoms with van der Waals surface area (Å²) in [5, 5.41) is 10.6. The first-order valence-corrected chi connectivity index (χ1v) is 11.2. The summed E-state index contributed by atoms with van der Waals surface area (Å²) in [5.41, 5.74) is 3.29. The summed E-state index contributed by atoms with van der Waals surface area (Å²) in [4.78, 5) is 17.2. The topological polar surface area (TPSA) is 43.8 Å². The van der Waals surface area contributed by atoms with Crippen molar-refractivity contribution in [3.63, 3.8) is 0 Å². The first kappa shape index (κ1) is 21.2. The van der Waals surface area contributed by atoms with Crippen LogP contribution in [0, 0.1) is 0 Å². The fourth-order valence-electron chi connectivity index (χ4n) is 4.41. The highest BCUT2D eigenvalue weighted by atomic mass is 35.5. The van der Waals surface area contributed by atoms with E-state index in [1.54, 1.807) is 12.1 Å². The van der Waals surface area contributed by atoms with Gasteiger partial charge in [0.05, 0.1) is 6.04 Å². The lowest BCUT2D eigenvalue weighted by Gasteiger charge is -2.31. The lowest BCUT2D eigenvalue weighted by atomic mass is 10.0. The highest BCUT2D eigenvalue weighted by Crippen LogP contribution is 2.34. The number of halogens is 2. The summed E-state index contributed by atoms with van der Waals surface area (Å²) < 4.78 is 0. The number of carbonyl (C=O) groups is 1. The lowest BCUT2D eigenvalue weighted by molar-refractivity contribution is -0.132. The van der Waals surface area contributed by atoms with Crippen molar-refractivity contribution in [3.05, 3.63) is 64.1 Å². The Labute approximate surface area is 187 Å². The molecule has 30 heavy (non-hydrogen) atoms. The predicted octanol–water partition coefficient (Wildman–Crippen LogP) is 5.78. The highest BCUT2D eigenvalue weighted by molar-refractivity contribution is 6.36. The zero-order valence-corrected chi connectivity index (χ0v) is 18.4. The fourth-order valence-corrected chi connectivity index (χ4v) is 5.02. The molecule has 2 aliphatic rings. The SMILES string of the molecule is C=C(O)c1ccc(-c2cc(Cl)c(CN3CCC(N4CCCCC4)C3=O)c(Cl)c2)cc1.